The Kier molecular flexibility index (Phi) is 6.45. The Morgan fingerprint density at radius 3 is 2.80 bits per heavy atom. The Morgan fingerprint density at radius 1 is 1.35 bits per heavy atom. The van der Waals surface area contributed by atoms with E-state index in [0.717, 1.165) is 50.8 Å². The van der Waals surface area contributed by atoms with Gasteiger partial charge in [-0.05, 0) is 5.92 Å². The number of thioether (sulfide) groups is 1. The first-order valence-electron chi connectivity index (χ1n) is 7.61. The minimum absolute atomic E-state index is 0.195. The fourth-order valence-electron chi connectivity index (χ4n) is 2.66. The number of guanidine groups is 1. The molecule has 2 aliphatic rings. The van der Waals surface area contributed by atoms with Crippen LogP contribution < -0.4 is 5.73 Å². The molecular weight excluding hydrogens is 272 g/mol. The lowest BCUT2D eigenvalue weighted by atomic mass is 10.2. The van der Waals surface area contributed by atoms with Crippen molar-refractivity contribution < 1.29 is 4.74 Å². The molecule has 2 fully saturated rings. The predicted molar refractivity (Wildman–Crippen MR) is 86.4 cm³/mol. The van der Waals surface area contributed by atoms with Crippen LogP contribution in [-0.2, 0) is 4.74 Å². The molecule has 2 N–H and O–H groups in total. The summed E-state index contributed by atoms with van der Waals surface area (Å²) in [6.45, 7) is 11.2. The molecule has 0 aromatic rings. The van der Waals surface area contributed by atoms with Crippen LogP contribution in [0.2, 0.25) is 0 Å². The van der Waals surface area contributed by atoms with E-state index in [1.807, 2.05) is 11.8 Å². The van der Waals surface area contributed by atoms with Crippen LogP contribution in [0.15, 0.2) is 4.99 Å². The van der Waals surface area contributed by atoms with Gasteiger partial charge in [0.2, 0.25) is 0 Å². The van der Waals surface area contributed by atoms with Crippen molar-refractivity contribution in [2.24, 2.45) is 16.6 Å². The average Bonchev–Trinajstić information content (AvgIpc) is 2.45. The number of nitrogens with two attached hydrogens (primary N) is 1. The van der Waals surface area contributed by atoms with E-state index in [1.54, 1.807) is 0 Å². The molecule has 116 valence electrons. The lowest BCUT2D eigenvalue weighted by Gasteiger charge is -2.33. The van der Waals surface area contributed by atoms with Crippen LogP contribution in [0.4, 0.5) is 0 Å². The van der Waals surface area contributed by atoms with Crippen molar-refractivity contribution in [3.8, 4) is 0 Å². The van der Waals surface area contributed by atoms with Crippen LogP contribution in [0, 0.1) is 5.92 Å². The van der Waals surface area contributed by atoms with Crippen molar-refractivity contribution in [3.63, 3.8) is 0 Å². The zero-order valence-electron chi connectivity index (χ0n) is 12.8. The maximum absolute atomic E-state index is 6.08. The number of hydrogen-bond donors (Lipinski definition) is 1. The standard InChI is InChI=1S/C14H28N4OS/c1-12(2)10-17-3-6-19-13(11-17)9-16-14(15)18-4-7-20-8-5-18/h12-13H,3-11H2,1-2H3,(H2,15,16). The van der Waals surface area contributed by atoms with Gasteiger partial charge in [-0.2, -0.15) is 11.8 Å². The number of aliphatic imine (C=N–C) groups is 1. The fourth-order valence-corrected chi connectivity index (χ4v) is 3.56. The van der Waals surface area contributed by atoms with Crippen LogP contribution in [0.5, 0.6) is 0 Å². The maximum atomic E-state index is 6.08. The van der Waals surface area contributed by atoms with Gasteiger partial charge in [-0.15, -0.1) is 0 Å². The summed E-state index contributed by atoms with van der Waals surface area (Å²) >= 11 is 1.98. The van der Waals surface area contributed by atoms with Gasteiger partial charge in [-0.25, -0.2) is 0 Å². The molecule has 0 aliphatic carbocycles. The first-order chi connectivity index (χ1) is 9.65. The highest BCUT2D eigenvalue weighted by Crippen LogP contribution is 2.10. The molecule has 0 aromatic carbocycles. The van der Waals surface area contributed by atoms with Gasteiger partial charge in [0.05, 0.1) is 19.3 Å². The number of hydrogen-bond acceptors (Lipinski definition) is 4. The highest BCUT2D eigenvalue weighted by Gasteiger charge is 2.21. The molecule has 1 unspecified atom stereocenters. The van der Waals surface area contributed by atoms with E-state index in [2.05, 4.69) is 28.6 Å². The lowest BCUT2D eigenvalue weighted by molar-refractivity contribution is -0.0262. The van der Waals surface area contributed by atoms with E-state index in [1.165, 1.54) is 0 Å². The van der Waals surface area contributed by atoms with Crippen molar-refractivity contribution >= 4 is 17.7 Å². The summed E-state index contributed by atoms with van der Waals surface area (Å²) in [5.74, 6) is 3.69. The summed E-state index contributed by atoms with van der Waals surface area (Å²) in [5, 5.41) is 0. The number of morpholine rings is 1. The molecule has 6 heteroatoms. The lowest BCUT2D eigenvalue weighted by Crippen LogP contribution is -2.46. The van der Waals surface area contributed by atoms with Gasteiger partial charge in [0, 0.05) is 44.2 Å². The molecule has 2 saturated heterocycles. The zero-order valence-corrected chi connectivity index (χ0v) is 13.6. The van der Waals surface area contributed by atoms with Crippen molar-refractivity contribution in [3.05, 3.63) is 0 Å². The third-order valence-electron chi connectivity index (χ3n) is 3.64. The summed E-state index contributed by atoms with van der Waals surface area (Å²) in [7, 11) is 0. The third kappa shape index (κ3) is 5.14. The highest BCUT2D eigenvalue weighted by atomic mass is 32.2. The highest BCUT2D eigenvalue weighted by molar-refractivity contribution is 7.99. The van der Waals surface area contributed by atoms with E-state index in [9.17, 15) is 0 Å². The molecule has 0 amide bonds. The summed E-state index contributed by atoms with van der Waals surface area (Å²) in [4.78, 5) is 9.20. The molecule has 0 spiro atoms. The molecule has 1 atom stereocenters. The monoisotopic (exact) mass is 300 g/mol. The minimum atomic E-state index is 0.195. The van der Waals surface area contributed by atoms with Gasteiger partial charge in [0.15, 0.2) is 5.96 Å². The van der Waals surface area contributed by atoms with E-state index in [0.29, 0.717) is 18.4 Å². The molecule has 2 heterocycles. The molecule has 2 rings (SSSR count). The molecular formula is C14H28N4OS. The summed E-state index contributed by atoms with van der Waals surface area (Å²) < 4.78 is 5.80. The Hall–Kier alpha value is -0.460. The molecule has 5 nitrogen and oxygen atoms in total. The third-order valence-corrected chi connectivity index (χ3v) is 4.58. The SMILES string of the molecule is CC(C)CN1CCOC(CN=C(N)N2CCSCC2)C1. The van der Waals surface area contributed by atoms with Gasteiger partial charge in [0.25, 0.3) is 0 Å². The van der Waals surface area contributed by atoms with Gasteiger partial charge < -0.3 is 15.4 Å². The molecule has 20 heavy (non-hydrogen) atoms. The van der Waals surface area contributed by atoms with Crippen molar-refractivity contribution in [2.45, 2.75) is 20.0 Å². The number of rotatable bonds is 4. The molecule has 0 aromatic heterocycles. The van der Waals surface area contributed by atoms with Crippen LogP contribution in [0.1, 0.15) is 13.8 Å². The van der Waals surface area contributed by atoms with Crippen LogP contribution in [0.3, 0.4) is 0 Å². The topological polar surface area (TPSA) is 54.1 Å². The molecule has 0 radical (unpaired) electrons. The van der Waals surface area contributed by atoms with E-state index >= 15 is 0 Å². The van der Waals surface area contributed by atoms with Crippen LogP contribution >= 0.6 is 11.8 Å². The number of ether oxygens (including phenoxy) is 1. The first kappa shape index (κ1) is 15.9. The van der Waals surface area contributed by atoms with Gasteiger partial charge in [-0.1, -0.05) is 13.8 Å². The van der Waals surface area contributed by atoms with Gasteiger partial charge in [-0.3, -0.25) is 9.89 Å². The summed E-state index contributed by atoms with van der Waals surface area (Å²) in [6.07, 6.45) is 0.195. The van der Waals surface area contributed by atoms with Crippen molar-refractivity contribution in [1.82, 2.24) is 9.80 Å². The summed E-state index contributed by atoms with van der Waals surface area (Å²) in [5.41, 5.74) is 6.08. The Bertz CT molecular complexity index is 318. The van der Waals surface area contributed by atoms with Crippen LogP contribution in [-0.4, -0.2) is 79.2 Å². The van der Waals surface area contributed by atoms with Gasteiger partial charge in [0.1, 0.15) is 0 Å². The Labute approximate surface area is 126 Å². The van der Waals surface area contributed by atoms with Crippen LogP contribution in [0.25, 0.3) is 0 Å². The second kappa shape index (κ2) is 8.10. The Balaban J connectivity index is 1.77. The van der Waals surface area contributed by atoms with Crippen molar-refractivity contribution in [1.29, 1.82) is 0 Å². The normalized spacial score (nSPS) is 26.2. The Morgan fingerprint density at radius 2 is 2.10 bits per heavy atom. The quantitative estimate of drug-likeness (QED) is 0.612. The fraction of sp³-hybridized carbons (Fsp3) is 0.929. The number of nitrogens with zero attached hydrogens (tertiary/aromatic N) is 3. The summed E-state index contributed by atoms with van der Waals surface area (Å²) in [6, 6.07) is 0. The smallest absolute Gasteiger partial charge is 0.191 e. The second-order valence-corrected chi connectivity index (χ2v) is 7.17. The van der Waals surface area contributed by atoms with Crippen molar-refractivity contribution in [2.75, 3.05) is 57.4 Å². The van der Waals surface area contributed by atoms with E-state index in [4.69, 9.17) is 10.5 Å². The predicted octanol–water partition coefficient (Wildman–Crippen LogP) is 0.707. The van der Waals surface area contributed by atoms with Gasteiger partial charge >= 0.3 is 0 Å². The van der Waals surface area contributed by atoms with E-state index in [-0.39, 0.29) is 6.10 Å². The van der Waals surface area contributed by atoms with E-state index < -0.39 is 0 Å². The largest absolute Gasteiger partial charge is 0.374 e. The second-order valence-electron chi connectivity index (χ2n) is 5.94. The first-order valence-corrected chi connectivity index (χ1v) is 8.77. The minimum Gasteiger partial charge on any atom is -0.374 e. The zero-order chi connectivity index (χ0) is 14.4. The average molecular weight is 300 g/mol. The molecule has 2 aliphatic heterocycles. The molecule has 0 bridgehead atoms. The molecule has 0 saturated carbocycles. The maximum Gasteiger partial charge on any atom is 0.191 e.